The lowest BCUT2D eigenvalue weighted by atomic mass is 9.84. The van der Waals surface area contributed by atoms with E-state index in [1.807, 2.05) is 194 Å². The van der Waals surface area contributed by atoms with E-state index in [2.05, 4.69) is 204 Å². The largest absolute Gasteiger partial charge is 0.507 e. The summed E-state index contributed by atoms with van der Waals surface area (Å²) in [6, 6.07) is 103. The van der Waals surface area contributed by atoms with Gasteiger partial charge in [0, 0.05) is 91.6 Å². The minimum absolute atomic E-state index is 0.0124. The van der Waals surface area contributed by atoms with Crippen molar-refractivity contribution in [2.24, 2.45) is 20.0 Å². The van der Waals surface area contributed by atoms with Crippen molar-refractivity contribution in [3.8, 4) is 68.2 Å². The van der Waals surface area contributed by atoms with E-state index in [9.17, 15) is 20.4 Å². The van der Waals surface area contributed by atoms with Crippen LogP contribution in [0.25, 0.3) is 65.3 Å². The average molecular weight is 1690 g/mol. The van der Waals surface area contributed by atoms with Crippen molar-refractivity contribution >= 4 is 67.9 Å². The summed E-state index contributed by atoms with van der Waals surface area (Å²) >= 11 is 0. The van der Waals surface area contributed by atoms with Crippen LogP contribution < -0.4 is 18.9 Å². The van der Waals surface area contributed by atoms with Gasteiger partial charge in [0.2, 0.25) is 0 Å². The normalized spacial score (nSPS) is 15.8. The van der Waals surface area contributed by atoms with Crippen LogP contribution >= 0.6 is 0 Å². The topological polar surface area (TPSA) is 167 Å². The quantitative estimate of drug-likeness (QED) is 0.135. The molecule has 0 aliphatic carbocycles. The molecule has 0 radical (unpaired) electrons. The van der Waals surface area contributed by atoms with Gasteiger partial charge in [0.15, 0.2) is 0 Å². The van der Waals surface area contributed by atoms with Crippen molar-refractivity contribution < 1.29 is 39.4 Å². The van der Waals surface area contributed by atoms with Gasteiger partial charge in [-0.1, -0.05) is 326 Å². The first-order valence-corrected chi connectivity index (χ1v) is 44.0. The summed E-state index contributed by atoms with van der Waals surface area (Å²) in [5, 5.41) is 59.7. The molecule has 0 unspecified atom stereocenters. The molecule has 8 bridgehead atoms. The van der Waals surface area contributed by atoms with Crippen LogP contribution in [0.2, 0.25) is 0 Å². The zero-order valence-corrected chi connectivity index (χ0v) is 74.7. The summed E-state index contributed by atoms with van der Waals surface area (Å²) < 4.78 is 29.0. The average Bonchev–Trinajstić information content (AvgIpc) is 0.750. The van der Waals surface area contributed by atoms with E-state index < -0.39 is 45.8 Å². The molecule has 0 amide bonds. The van der Waals surface area contributed by atoms with E-state index in [-0.39, 0.29) is 49.4 Å². The SMILES string of the molecule is CC(C)(C)c1cc2c(O)c(c1)COc1ccc3ccccc3c1-c1c(ccc3ccccc13)OCc1cc(C(C)(C)C)cc(c1O)C=N[C@H](c1ccccc1)[C@@H](c1ccccc1)N=Cc1cc(C(C)(C)C)cc(c1O)COc1ccc3ccccc3c1-c1c(ccc3ccccc13)OCc1cc(C(C)(C)C)cc(c1O)C=N[C@H](c1ccccc1)[C@@H](c1ccccc1)N=C2. The zero-order valence-electron chi connectivity index (χ0n) is 74.7. The van der Waals surface area contributed by atoms with Gasteiger partial charge in [-0.2, -0.15) is 0 Å². The molecule has 1 aliphatic rings. The summed E-state index contributed by atoms with van der Waals surface area (Å²) in [6.07, 6.45) is 7.09. The number of hydrogen-bond acceptors (Lipinski definition) is 12. The Morgan fingerprint density at radius 3 is 0.609 bits per heavy atom. The van der Waals surface area contributed by atoms with E-state index >= 15 is 0 Å². The fourth-order valence-electron chi connectivity index (χ4n) is 17.2. The predicted molar refractivity (Wildman–Crippen MR) is 525 cm³/mol. The number of hydrogen-bond donors (Lipinski definition) is 4. The van der Waals surface area contributed by atoms with Gasteiger partial charge in [0.05, 0.1) is 0 Å². The first-order chi connectivity index (χ1) is 61.7. The second-order valence-electron chi connectivity index (χ2n) is 37.6. The predicted octanol–water partition coefficient (Wildman–Crippen LogP) is 28.3. The van der Waals surface area contributed by atoms with Crippen LogP contribution in [-0.2, 0) is 48.1 Å². The minimum Gasteiger partial charge on any atom is -0.507 e. The maximum absolute atomic E-state index is 13.0. The lowest BCUT2D eigenvalue weighted by Crippen LogP contribution is -2.14. The highest BCUT2D eigenvalue weighted by Gasteiger charge is 2.32. The molecule has 17 rings (SSSR count). The van der Waals surface area contributed by atoms with Gasteiger partial charge in [0.25, 0.3) is 0 Å². The summed E-state index contributed by atoms with van der Waals surface area (Å²) in [5.74, 6) is 2.28. The highest BCUT2D eigenvalue weighted by Crippen LogP contribution is 2.51. The monoisotopic (exact) mass is 1680 g/mol. The molecule has 16 aromatic rings. The molecule has 4 atom stereocenters. The maximum atomic E-state index is 13.0. The summed E-state index contributed by atoms with van der Waals surface area (Å²) in [6.45, 7) is 25.8. The lowest BCUT2D eigenvalue weighted by Gasteiger charge is -2.25. The molecule has 12 nitrogen and oxygen atoms in total. The molecule has 0 saturated carbocycles. The number of nitrogens with zero attached hydrogens (tertiary/aromatic N) is 4. The summed E-state index contributed by atoms with van der Waals surface area (Å²) in [5.41, 5.74) is 13.1. The Morgan fingerprint density at radius 1 is 0.227 bits per heavy atom. The fraction of sp³-hybridized carbons (Fsp3) is 0.207. The molecule has 128 heavy (non-hydrogen) atoms. The second kappa shape index (κ2) is 35.9. The van der Waals surface area contributed by atoms with Crippen molar-refractivity contribution in [3.05, 3.63) is 404 Å². The van der Waals surface area contributed by atoms with Crippen molar-refractivity contribution in [3.63, 3.8) is 0 Å². The van der Waals surface area contributed by atoms with Gasteiger partial charge in [0.1, 0.15) is 96.6 Å². The number of benzene rings is 16. The second-order valence-corrected chi connectivity index (χ2v) is 37.6. The van der Waals surface area contributed by atoms with Crippen molar-refractivity contribution in [2.75, 3.05) is 0 Å². The van der Waals surface area contributed by atoms with Crippen LogP contribution in [0.3, 0.4) is 0 Å². The molecular weight excluding hydrogens is 1580 g/mol. The number of aromatic hydroxyl groups is 4. The third-order valence-electron chi connectivity index (χ3n) is 24.6. The van der Waals surface area contributed by atoms with Gasteiger partial charge < -0.3 is 39.4 Å². The van der Waals surface area contributed by atoms with Crippen LogP contribution in [0, 0.1) is 0 Å². The molecule has 12 heteroatoms. The Hall–Kier alpha value is -14.4. The van der Waals surface area contributed by atoms with E-state index in [0.717, 1.165) is 110 Å². The van der Waals surface area contributed by atoms with Crippen LogP contribution in [0.1, 0.15) is 196 Å². The minimum atomic E-state index is -0.663. The number of rotatable bonds is 4. The highest BCUT2D eigenvalue weighted by atomic mass is 16.5. The fourth-order valence-corrected chi connectivity index (χ4v) is 17.2. The Kier molecular flexibility index (Phi) is 24.1. The van der Waals surface area contributed by atoms with Crippen LogP contribution in [0.5, 0.6) is 46.0 Å². The Bertz CT molecular complexity index is 6100. The lowest BCUT2D eigenvalue weighted by molar-refractivity contribution is 0.296. The zero-order chi connectivity index (χ0) is 89.2. The molecular formula is C116H108N4O8. The Labute approximate surface area is 750 Å². The van der Waals surface area contributed by atoms with E-state index in [1.54, 1.807) is 24.9 Å². The summed E-state index contributed by atoms with van der Waals surface area (Å²) in [4.78, 5) is 22.2. The van der Waals surface area contributed by atoms with Gasteiger partial charge in [-0.05, 0) is 182 Å². The van der Waals surface area contributed by atoms with Gasteiger partial charge in [-0.15, -0.1) is 0 Å². The first kappa shape index (κ1) is 85.8. The molecule has 4 N–H and O–H groups in total. The van der Waals surface area contributed by atoms with Gasteiger partial charge in [-0.25, -0.2) is 0 Å². The van der Waals surface area contributed by atoms with Crippen LogP contribution in [0.4, 0.5) is 0 Å². The molecule has 16 aromatic carbocycles. The molecule has 0 spiro atoms. The number of aliphatic imine (C=N–C) groups is 4. The maximum Gasteiger partial charge on any atom is 0.130 e. The van der Waals surface area contributed by atoms with Gasteiger partial charge >= 0.3 is 0 Å². The Balaban J connectivity index is 0.857. The molecule has 0 saturated heterocycles. The van der Waals surface area contributed by atoms with E-state index in [1.165, 1.54) is 0 Å². The number of phenols is 4. The van der Waals surface area contributed by atoms with Crippen molar-refractivity contribution in [2.45, 2.75) is 155 Å². The van der Waals surface area contributed by atoms with Crippen molar-refractivity contribution in [1.29, 1.82) is 0 Å². The van der Waals surface area contributed by atoms with Gasteiger partial charge in [-0.3, -0.25) is 20.0 Å². The van der Waals surface area contributed by atoms with Crippen LogP contribution in [-0.4, -0.2) is 45.3 Å². The molecule has 640 valence electrons. The number of ether oxygens (including phenoxy) is 4. The van der Waals surface area contributed by atoms with Crippen LogP contribution in [0.15, 0.2) is 335 Å². The number of fused-ring (bicyclic) bond motifs is 22. The third kappa shape index (κ3) is 18.3. The molecule has 0 aromatic heterocycles. The molecule has 0 fully saturated rings. The third-order valence-corrected chi connectivity index (χ3v) is 24.6. The number of phenolic OH excluding ortho intramolecular Hbond substituents is 4. The molecule has 1 aliphatic heterocycles. The highest BCUT2D eigenvalue weighted by molar-refractivity contribution is 6.11. The van der Waals surface area contributed by atoms with E-state index in [4.69, 9.17) is 38.9 Å². The summed E-state index contributed by atoms with van der Waals surface area (Å²) in [7, 11) is 0. The van der Waals surface area contributed by atoms with Crippen molar-refractivity contribution in [1.82, 2.24) is 0 Å². The Morgan fingerprint density at radius 2 is 0.414 bits per heavy atom. The molecule has 1 heterocycles. The van der Waals surface area contributed by atoms with E-state index in [0.29, 0.717) is 67.5 Å². The first-order valence-electron chi connectivity index (χ1n) is 44.0. The standard InChI is InChI=1S/C116H108N4O8/c1-113(2,3)89-57-81-65-117-105(77-37-17-13-18-38-77)106(78-39-19-14-20-40-78)118-66-82-58-90(114(4,5)6)63-87(110(82)122)71-127-99-55-51-75-35-27-31-47-95(75)103(99)104-96-48-32-28-36-76(96)52-56-100(104)128-72-88-64-92(116(10,11)12)60-84(112(88)124)68-120-108(80-43-23-16-24-44-80)107(79-41-21-15-22-42-79)119-67-83-59-91(115(7,8)9)62-86(111(83)123)70-126-98-54-50-74-34-26-30-46-94(74)102(98)101-93-45-29-25-33-73(93)49-53-97(101)125-69-85(61-89)109(81)121/h13-68,105-108,121-124H,69-72H2,1-12H3/t105-,106-,107-,108-/m1/s1. The smallest absolute Gasteiger partial charge is 0.130 e.